The molecule has 3 atom stereocenters. The molecule has 0 aromatic heterocycles. The van der Waals surface area contributed by atoms with Gasteiger partial charge < -0.3 is 4.74 Å². The summed E-state index contributed by atoms with van der Waals surface area (Å²) in [7, 11) is 0. The van der Waals surface area contributed by atoms with Crippen LogP contribution in [0.1, 0.15) is 40.5 Å². The van der Waals surface area contributed by atoms with Gasteiger partial charge in [0.1, 0.15) is 0 Å². The largest absolute Gasteiger partial charge is 0.466 e. The summed E-state index contributed by atoms with van der Waals surface area (Å²) in [5.41, 5.74) is 0.0257. The number of hydrogen-bond donors (Lipinski definition) is 0. The molecule has 3 heteroatoms. The Labute approximate surface area is 99.9 Å². The van der Waals surface area contributed by atoms with Crippen LogP contribution in [0.15, 0.2) is 0 Å². The SMILES string of the molecule is CCOC(=O)[C@@]12CC[C@](C)([C@H]1Br)C2(C)C. The summed E-state index contributed by atoms with van der Waals surface area (Å²) in [6.45, 7) is 9.03. The highest BCUT2D eigenvalue weighted by atomic mass is 79.9. The summed E-state index contributed by atoms with van der Waals surface area (Å²) in [4.78, 5) is 12.4. The Bertz CT molecular complexity index is 313. The maximum Gasteiger partial charge on any atom is 0.313 e. The Kier molecular flexibility index (Phi) is 2.28. The molecular formula is C12H19BrO2. The van der Waals surface area contributed by atoms with Gasteiger partial charge in [0.15, 0.2) is 0 Å². The first kappa shape index (κ1) is 11.4. The lowest BCUT2D eigenvalue weighted by Gasteiger charge is -2.63. The number of ether oxygens (including phenoxy) is 1. The predicted molar refractivity (Wildman–Crippen MR) is 62.9 cm³/mol. The van der Waals surface area contributed by atoms with Crippen LogP contribution in [0, 0.1) is 16.2 Å². The van der Waals surface area contributed by atoms with Gasteiger partial charge in [0.2, 0.25) is 0 Å². The van der Waals surface area contributed by atoms with Gasteiger partial charge in [-0.25, -0.2) is 0 Å². The lowest BCUT2D eigenvalue weighted by Crippen LogP contribution is -2.67. The molecule has 0 unspecified atom stereocenters. The number of rotatable bonds is 2. The smallest absolute Gasteiger partial charge is 0.313 e. The topological polar surface area (TPSA) is 26.3 Å². The minimum absolute atomic E-state index is 0.00755. The highest BCUT2D eigenvalue weighted by molar-refractivity contribution is 9.09. The van der Waals surface area contributed by atoms with Gasteiger partial charge in [0, 0.05) is 4.83 Å². The molecule has 0 aromatic carbocycles. The standard InChI is InChI=1S/C12H19BrO2/c1-5-15-9(14)12-7-6-11(4,8(12)13)10(12,2)3/h8H,5-7H2,1-4H3/t8-,11-,12-/m1/s1. The minimum Gasteiger partial charge on any atom is -0.466 e. The third-order valence-electron chi connectivity index (χ3n) is 5.21. The molecule has 0 N–H and O–H groups in total. The first-order valence-electron chi connectivity index (χ1n) is 5.66. The normalized spacial score (nSPS) is 46.1. The summed E-state index contributed by atoms with van der Waals surface area (Å²) in [6.07, 6.45) is 2.08. The Morgan fingerprint density at radius 3 is 2.33 bits per heavy atom. The van der Waals surface area contributed by atoms with E-state index in [9.17, 15) is 4.79 Å². The number of fused-ring (bicyclic) bond motifs is 1. The van der Waals surface area contributed by atoms with Gasteiger partial charge in [-0.3, -0.25) is 4.79 Å². The van der Waals surface area contributed by atoms with Gasteiger partial charge in [-0.1, -0.05) is 36.7 Å². The predicted octanol–water partition coefficient (Wildman–Crippen LogP) is 3.14. The monoisotopic (exact) mass is 274 g/mol. The van der Waals surface area contributed by atoms with E-state index in [0.717, 1.165) is 12.8 Å². The fourth-order valence-electron chi connectivity index (χ4n) is 3.67. The van der Waals surface area contributed by atoms with Gasteiger partial charge in [-0.2, -0.15) is 0 Å². The van der Waals surface area contributed by atoms with Crippen LogP contribution in [0.5, 0.6) is 0 Å². The summed E-state index contributed by atoms with van der Waals surface area (Å²) in [5, 5.41) is 0. The number of carbonyl (C=O) groups is 1. The van der Waals surface area contributed by atoms with Gasteiger partial charge >= 0.3 is 5.97 Å². The van der Waals surface area contributed by atoms with E-state index in [1.165, 1.54) is 0 Å². The van der Waals surface area contributed by atoms with E-state index in [4.69, 9.17) is 4.74 Å². The molecule has 15 heavy (non-hydrogen) atoms. The highest BCUT2D eigenvalue weighted by Gasteiger charge is 2.80. The van der Waals surface area contributed by atoms with Crippen molar-refractivity contribution in [1.29, 1.82) is 0 Å². The Morgan fingerprint density at radius 2 is 2.00 bits per heavy atom. The number of alkyl halides is 1. The lowest BCUT2D eigenvalue weighted by molar-refractivity contribution is -0.186. The quantitative estimate of drug-likeness (QED) is 0.571. The van der Waals surface area contributed by atoms with E-state index in [1.54, 1.807) is 0 Å². The van der Waals surface area contributed by atoms with Gasteiger partial charge in [-0.15, -0.1) is 0 Å². The third kappa shape index (κ3) is 0.943. The van der Waals surface area contributed by atoms with Crippen LogP contribution in [0.3, 0.4) is 0 Å². The lowest BCUT2D eigenvalue weighted by atomic mass is 9.43. The summed E-state index contributed by atoms with van der Waals surface area (Å²) in [6, 6.07) is 0. The molecule has 3 saturated carbocycles. The van der Waals surface area contributed by atoms with Crippen LogP contribution in [0.4, 0.5) is 0 Å². The molecule has 3 aliphatic carbocycles. The number of carbonyl (C=O) groups excluding carboxylic acids is 1. The Morgan fingerprint density at radius 1 is 1.40 bits per heavy atom. The molecule has 3 fully saturated rings. The van der Waals surface area contributed by atoms with Crippen LogP contribution < -0.4 is 0 Å². The molecule has 0 aromatic rings. The molecule has 3 rings (SSSR count). The number of hydrogen-bond acceptors (Lipinski definition) is 2. The van der Waals surface area contributed by atoms with E-state index in [2.05, 4.69) is 36.7 Å². The van der Waals surface area contributed by atoms with Gasteiger partial charge in [0.05, 0.1) is 12.0 Å². The van der Waals surface area contributed by atoms with Gasteiger partial charge in [0.25, 0.3) is 0 Å². The van der Waals surface area contributed by atoms with Crippen molar-refractivity contribution in [3.63, 3.8) is 0 Å². The van der Waals surface area contributed by atoms with Crippen LogP contribution in [0.2, 0.25) is 0 Å². The average molecular weight is 275 g/mol. The summed E-state index contributed by atoms with van der Waals surface area (Å²) in [5.74, 6) is -0.00755. The summed E-state index contributed by atoms with van der Waals surface area (Å²) >= 11 is 3.71. The first-order chi connectivity index (χ1) is 6.84. The van der Waals surface area contributed by atoms with Crippen molar-refractivity contribution < 1.29 is 9.53 Å². The van der Waals surface area contributed by atoms with Crippen molar-refractivity contribution in [1.82, 2.24) is 0 Å². The third-order valence-corrected chi connectivity index (χ3v) is 7.01. The van der Waals surface area contributed by atoms with Crippen LogP contribution in [-0.4, -0.2) is 17.4 Å². The zero-order chi connectivity index (χ0) is 11.5. The molecule has 2 bridgehead atoms. The molecule has 0 heterocycles. The number of esters is 1. The Hall–Kier alpha value is -0.0500. The van der Waals surface area contributed by atoms with Crippen LogP contribution >= 0.6 is 15.9 Å². The van der Waals surface area contributed by atoms with Gasteiger partial charge in [-0.05, 0) is 30.6 Å². The molecule has 3 aliphatic rings. The molecule has 2 nitrogen and oxygen atoms in total. The van der Waals surface area contributed by atoms with Crippen molar-refractivity contribution in [3.8, 4) is 0 Å². The minimum atomic E-state index is -0.280. The molecule has 0 spiro atoms. The molecule has 86 valence electrons. The van der Waals surface area contributed by atoms with E-state index >= 15 is 0 Å². The van der Waals surface area contributed by atoms with Crippen molar-refractivity contribution in [2.75, 3.05) is 6.61 Å². The second kappa shape index (κ2) is 2.99. The molecule has 0 radical (unpaired) electrons. The zero-order valence-electron chi connectivity index (χ0n) is 9.89. The summed E-state index contributed by atoms with van der Waals surface area (Å²) < 4.78 is 5.25. The van der Waals surface area contributed by atoms with Crippen molar-refractivity contribution in [2.45, 2.75) is 45.4 Å². The fraction of sp³-hybridized carbons (Fsp3) is 0.917. The Balaban J connectivity index is 2.35. The maximum atomic E-state index is 12.1. The molecular weight excluding hydrogens is 256 g/mol. The van der Waals surface area contributed by atoms with Crippen molar-refractivity contribution in [3.05, 3.63) is 0 Å². The van der Waals surface area contributed by atoms with Crippen LogP contribution in [0.25, 0.3) is 0 Å². The first-order valence-corrected chi connectivity index (χ1v) is 6.57. The second-order valence-electron chi connectivity index (χ2n) is 5.60. The zero-order valence-corrected chi connectivity index (χ0v) is 11.5. The van der Waals surface area contributed by atoms with Crippen molar-refractivity contribution >= 4 is 21.9 Å². The molecule has 0 saturated heterocycles. The van der Waals surface area contributed by atoms with E-state index in [-0.39, 0.29) is 27.0 Å². The van der Waals surface area contributed by atoms with E-state index < -0.39 is 0 Å². The van der Waals surface area contributed by atoms with Crippen molar-refractivity contribution in [2.24, 2.45) is 16.2 Å². The van der Waals surface area contributed by atoms with E-state index in [0.29, 0.717) is 6.61 Å². The number of halogens is 1. The van der Waals surface area contributed by atoms with E-state index in [1.807, 2.05) is 6.92 Å². The fourth-order valence-corrected chi connectivity index (χ4v) is 5.45. The average Bonchev–Trinajstić information content (AvgIpc) is 2.55. The maximum absolute atomic E-state index is 12.1. The van der Waals surface area contributed by atoms with Crippen LogP contribution in [-0.2, 0) is 9.53 Å². The second-order valence-corrected chi connectivity index (χ2v) is 6.51. The highest BCUT2D eigenvalue weighted by Crippen LogP contribution is 2.80. The molecule has 0 aliphatic heterocycles. The molecule has 0 amide bonds.